The highest BCUT2D eigenvalue weighted by molar-refractivity contribution is 6.14. The summed E-state index contributed by atoms with van der Waals surface area (Å²) in [7, 11) is 2.79. The highest BCUT2D eigenvalue weighted by Crippen LogP contribution is 2.36. The van der Waals surface area contributed by atoms with Crippen LogP contribution in [0.15, 0.2) is 40.2 Å². The Morgan fingerprint density at radius 2 is 1.79 bits per heavy atom. The van der Waals surface area contributed by atoms with Crippen molar-refractivity contribution in [2.75, 3.05) is 16.8 Å². The van der Waals surface area contributed by atoms with E-state index in [1.165, 1.54) is 34.5 Å². The summed E-state index contributed by atoms with van der Waals surface area (Å²) in [5, 5.41) is 2.76. The second-order valence-electron chi connectivity index (χ2n) is 8.17. The standard InChI is InChI=1S/C21H22N6O6/c1-21(2)19(31)23-12-7-5-6-8-13(12)27(21)14(28)10-33-15(29)9-26-11-22-17-16(26)18(30)25(4)20(32)24(17)3/h5-8,11H,9-10H2,1-4H3,(H,23,31). The van der Waals surface area contributed by atoms with Gasteiger partial charge < -0.3 is 14.6 Å². The van der Waals surface area contributed by atoms with Gasteiger partial charge in [0.15, 0.2) is 17.8 Å². The van der Waals surface area contributed by atoms with Crippen molar-refractivity contribution in [2.24, 2.45) is 14.1 Å². The van der Waals surface area contributed by atoms with Crippen LogP contribution in [0.1, 0.15) is 13.8 Å². The molecule has 0 atom stereocenters. The number of hydrogen-bond donors (Lipinski definition) is 1. The Kier molecular flexibility index (Phi) is 5.15. The monoisotopic (exact) mass is 454 g/mol. The lowest BCUT2D eigenvalue weighted by atomic mass is 9.96. The van der Waals surface area contributed by atoms with Crippen LogP contribution in [0.3, 0.4) is 0 Å². The minimum atomic E-state index is -1.20. The van der Waals surface area contributed by atoms with Gasteiger partial charge in [0.05, 0.1) is 17.7 Å². The van der Waals surface area contributed by atoms with Crippen LogP contribution in [0.25, 0.3) is 11.2 Å². The average molecular weight is 454 g/mol. The van der Waals surface area contributed by atoms with Crippen LogP contribution in [0.2, 0.25) is 0 Å². The van der Waals surface area contributed by atoms with Gasteiger partial charge in [-0.2, -0.15) is 0 Å². The van der Waals surface area contributed by atoms with Crippen molar-refractivity contribution in [3.63, 3.8) is 0 Å². The van der Waals surface area contributed by atoms with Crippen LogP contribution in [-0.2, 0) is 39.8 Å². The first-order chi connectivity index (χ1) is 15.5. The van der Waals surface area contributed by atoms with E-state index in [2.05, 4.69) is 10.3 Å². The molecule has 3 aromatic rings. The zero-order valence-electron chi connectivity index (χ0n) is 18.5. The lowest BCUT2D eigenvalue weighted by Gasteiger charge is -2.41. The normalized spacial score (nSPS) is 14.7. The molecule has 12 nitrogen and oxygen atoms in total. The topological polar surface area (TPSA) is 138 Å². The van der Waals surface area contributed by atoms with Crippen molar-refractivity contribution >= 4 is 40.3 Å². The minimum absolute atomic E-state index is 0.0608. The number of anilines is 2. The molecule has 0 saturated heterocycles. The molecule has 0 radical (unpaired) electrons. The third-order valence-corrected chi connectivity index (χ3v) is 5.63. The van der Waals surface area contributed by atoms with E-state index in [9.17, 15) is 24.0 Å². The number of aromatic nitrogens is 4. The number of nitrogens with one attached hydrogen (secondary N) is 1. The Hall–Kier alpha value is -4.22. The number of carbonyl (C=O) groups is 3. The molecule has 1 aliphatic rings. The van der Waals surface area contributed by atoms with Crippen LogP contribution in [0.4, 0.5) is 11.4 Å². The Bertz CT molecular complexity index is 1430. The van der Waals surface area contributed by atoms with Crippen molar-refractivity contribution in [3.05, 3.63) is 51.4 Å². The highest BCUT2D eigenvalue weighted by atomic mass is 16.5. The van der Waals surface area contributed by atoms with Gasteiger partial charge in [-0.15, -0.1) is 0 Å². The zero-order chi connectivity index (χ0) is 24.1. The predicted molar refractivity (Wildman–Crippen MR) is 118 cm³/mol. The number of aryl methyl sites for hydroxylation is 1. The first-order valence-corrected chi connectivity index (χ1v) is 10.0. The smallest absolute Gasteiger partial charge is 0.332 e. The number of benzene rings is 1. The Balaban J connectivity index is 1.53. The van der Waals surface area contributed by atoms with Crippen LogP contribution >= 0.6 is 0 Å². The number of carbonyl (C=O) groups excluding carboxylic acids is 3. The third kappa shape index (κ3) is 3.49. The van der Waals surface area contributed by atoms with E-state index < -0.39 is 41.8 Å². The molecule has 12 heteroatoms. The van der Waals surface area contributed by atoms with Crippen molar-refractivity contribution in [1.82, 2.24) is 18.7 Å². The number of hydrogen-bond acceptors (Lipinski definition) is 7. The first kappa shape index (κ1) is 22.0. The van der Waals surface area contributed by atoms with Crippen LogP contribution in [-0.4, -0.2) is 48.6 Å². The summed E-state index contributed by atoms with van der Waals surface area (Å²) in [6.07, 6.45) is 1.25. The maximum Gasteiger partial charge on any atom is 0.332 e. The van der Waals surface area contributed by atoms with Gasteiger partial charge in [-0.3, -0.25) is 33.2 Å². The van der Waals surface area contributed by atoms with Crippen LogP contribution in [0, 0.1) is 0 Å². The largest absolute Gasteiger partial charge is 0.454 e. The molecule has 0 bridgehead atoms. The van der Waals surface area contributed by atoms with Gasteiger partial charge in [0, 0.05) is 14.1 Å². The summed E-state index contributed by atoms with van der Waals surface area (Å²) < 4.78 is 8.53. The van der Waals surface area contributed by atoms with E-state index in [0.29, 0.717) is 11.4 Å². The van der Waals surface area contributed by atoms with E-state index in [4.69, 9.17) is 4.74 Å². The maximum absolute atomic E-state index is 13.0. The predicted octanol–water partition coefficient (Wildman–Crippen LogP) is -0.259. The zero-order valence-corrected chi connectivity index (χ0v) is 18.5. The molecule has 3 heterocycles. The number of esters is 1. The summed E-state index contributed by atoms with van der Waals surface area (Å²) in [5.41, 5.74) is -1.18. The number of nitrogens with zero attached hydrogens (tertiary/aromatic N) is 5. The molecule has 172 valence electrons. The second-order valence-corrected chi connectivity index (χ2v) is 8.17. The van der Waals surface area contributed by atoms with E-state index in [1.54, 1.807) is 38.1 Å². The Morgan fingerprint density at radius 1 is 1.09 bits per heavy atom. The van der Waals surface area contributed by atoms with Crippen LogP contribution < -0.4 is 21.5 Å². The van der Waals surface area contributed by atoms with Gasteiger partial charge in [-0.25, -0.2) is 9.78 Å². The van der Waals surface area contributed by atoms with Crippen molar-refractivity contribution in [1.29, 1.82) is 0 Å². The minimum Gasteiger partial charge on any atom is -0.454 e. The molecule has 1 aliphatic heterocycles. The van der Waals surface area contributed by atoms with E-state index in [1.807, 2.05) is 0 Å². The number of rotatable bonds is 4. The van der Waals surface area contributed by atoms with Gasteiger partial charge in [-0.1, -0.05) is 12.1 Å². The van der Waals surface area contributed by atoms with E-state index in [0.717, 1.165) is 4.57 Å². The summed E-state index contributed by atoms with van der Waals surface area (Å²) in [6.45, 7) is 2.19. The number of para-hydroxylation sites is 2. The third-order valence-electron chi connectivity index (χ3n) is 5.63. The molecule has 0 spiro atoms. The molecule has 1 N–H and O–H groups in total. The number of ether oxygens (including phenoxy) is 1. The quantitative estimate of drug-likeness (QED) is 0.536. The summed E-state index contributed by atoms with van der Waals surface area (Å²) in [4.78, 5) is 67.8. The molecule has 0 fully saturated rings. The Labute approximate surface area is 187 Å². The molecule has 0 unspecified atom stereocenters. The molecular formula is C21H22N6O6. The number of imidazole rings is 1. The maximum atomic E-state index is 13.0. The molecule has 0 aliphatic carbocycles. The highest BCUT2D eigenvalue weighted by Gasteiger charge is 2.43. The molecule has 1 aromatic carbocycles. The van der Waals surface area contributed by atoms with Gasteiger partial charge in [0.1, 0.15) is 12.1 Å². The molecule has 4 rings (SSSR count). The van der Waals surface area contributed by atoms with Gasteiger partial charge >= 0.3 is 11.7 Å². The fourth-order valence-electron chi connectivity index (χ4n) is 3.81. The van der Waals surface area contributed by atoms with E-state index in [-0.39, 0.29) is 17.1 Å². The van der Waals surface area contributed by atoms with Crippen LogP contribution in [0.5, 0.6) is 0 Å². The molecular weight excluding hydrogens is 432 g/mol. The fraction of sp³-hybridized carbons (Fsp3) is 0.333. The lowest BCUT2D eigenvalue weighted by Crippen LogP contribution is -2.59. The van der Waals surface area contributed by atoms with Gasteiger partial charge in [0.2, 0.25) is 5.91 Å². The SMILES string of the molecule is Cn1c(=O)c2c(ncn2CC(=O)OCC(=O)N2c3ccccc3NC(=O)C2(C)C)n(C)c1=O. The number of amides is 2. The number of fused-ring (bicyclic) bond motifs is 2. The summed E-state index contributed by atoms with van der Waals surface area (Å²) in [5.74, 6) is -1.73. The second kappa shape index (κ2) is 7.73. The van der Waals surface area contributed by atoms with Crippen molar-refractivity contribution < 1.29 is 19.1 Å². The summed E-state index contributed by atoms with van der Waals surface area (Å²) in [6, 6.07) is 6.83. The first-order valence-electron chi connectivity index (χ1n) is 10.0. The van der Waals surface area contributed by atoms with Crippen molar-refractivity contribution in [3.8, 4) is 0 Å². The van der Waals surface area contributed by atoms with Gasteiger partial charge in [0.25, 0.3) is 11.5 Å². The average Bonchev–Trinajstić information content (AvgIpc) is 3.19. The van der Waals surface area contributed by atoms with Crippen molar-refractivity contribution in [2.45, 2.75) is 25.9 Å². The molecule has 0 saturated carbocycles. The van der Waals surface area contributed by atoms with E-state index >= 15 is 0 Å². The molecule has 2 aromatic heterocycles. The Morgan fingerprint density at radius 3 is 2.52 bits per heavy atom. The fourth-order valence-corrected chi connectivity index (χ4v) is 3.81. The molecule has 33 heavy (non-hydrogen) atoms. The lowest BCUT2D eigenvalue weighted by molar-refractivity contribution is -0.148. The summed E-state index contributed by atoms with van der Waals surface area (Å²) >= 11 is 0. The van der Waals surface area contributed by atoms with Gasteiger partial charge in [-0.05, 0) is 26.0 Å². The molecule has 2 amide bonds.